The van der Waals surface area contributed by atoms with Crippen LogP contribution >= 0.6 is 0 Å². The van der Waals surface area contributed by atoms with Gasteiger partial charge in [-0.2, -0.15) is 5.10 Å². The van der Waals surface area contributed by atoms with E-state index in [0.717, 1.165) is 66.9 Å². The van der Waals surface area contributed by atoms with Gasteiger partial charge in [0, 0.05) is 39.4 Å². The lowest BCUT2D eigenvalue weighted by molar-refractivity contribution is 0.393. The minimum atomic E-state index is -0.238. The number of aryl methyl sites for hydroxylation is 1. The maximum atomic E-state index is 14.2. The predicted molar refractivity (Wildman–Crippen MR) is 172 cm³/mol. The van der Waals surface area contributed by atoms with E-state index in [1.165, 1.54) is 32.1 Å². The van der Waals surface area contributed by atoms with Crippen LogP contribution in [0.3, 0.4) is 0 Å². The van der Waals surface area contributed by atoms with E-state index in [1.807, 2.05) is 50.4 Å². The number of hydrogen-bond donors (Lipinski definition) is 3. The molecule has 3 N–H and O–H groups in total. The average Bonchev–Trinajstić information content (AvgIpc) is 3.63. The van der Waals surface area contributed by atoms with E-state index >= 15 is 0 Å². The summed E-state index contributed by atoms with van der Waals surface area (Å²) in [4.78, 5) is 8.20. The molecule has 1 aliphatic carbocycles. The zero-order valence-corrected chi connectivity index (χ0v) is 24.2. The van der Waals surface area contributed by atoms with Crippen molar-refractivity contribution >= 4 is 27.5 Å². The van der Waals surface area contributed by atoms with Gasteiger partial charge in [0.15, 0.2) is 5.65 Å². The van der Waals surface area contributed by atoms with Gasteiger partial charge in [0.2, 0.25) is 0 Å². The maximum absolute atomic E-state index is 14.2. The molecule has 5 aromatic rings. The Bertz CT molecular complexity index is 1840. The fourth-order valence-corrected chi connectivity index (χ4v) is 6.08. The molecule has 1 fully saturated rings. The topological polar surface area (TPSA) is 69.4 Å². The van der Waals surface area contributed by atoms with Crippen molar-refractivity contribution in [2.75, 3.05) is 0 Å². The summed E-state index contributed by atoms with van der Waals surface area (Å²) in [6.07, 6.45) is 14.1. The highest BCUT2D eigenvalue weighted by Crippen LogP contribution is 2.35. The quantitative estimate of drug-likeness (QED) is 0.166. The van der Waals surface area contributed by atoms with E-state index < -0.39 is 0 Å². The van der Waals surface area contributed by atoms with Crippen LogP contribution in [0.4, 0.5) is 4.39 Å². The number of H-pyrrole nitrogens is 2. The number of aromatic nitrogens is 4. The van der Waals surface area contributed by atoms with Crippen molar-refractivity contribution in [3.63, 3.8) is 0 Å². The first-order valence-corrected chi connectivity index (χ1v) is 14.6. The smallest absolute Gasteiger partial charge is 0.181 e. The van der Waals surface area contributed by atoms with Crippen LogP contribution in [0.2, 0.25) is 0 Å². The molecule has 42 heavy (non-hydrogen) atoms. The second kappa shape index (κ2) is 11.6. The second-order valence-corrected chi connectivity index (χ2v) is 11.2. The molecule has 2 aromatic carbocycles. The Morgan fingerprint density at radius 3 is 2.67 bits per heavy atom. The normalized spacial score (nSPS) is 14.9. The number of halogens is 1. The summed E-state index contributed by atoms with van der Waals surface area (Å²) < 4.78 is 14.2. The molecule has 6 heteroatoms. The highest BCUT2D eigenvalue weighted by molar-refractivity contribution is 6.01. The van der Waals surface area contributed by atoms with Crippen molar-refractivity contribution in [1.82, 2.24) is 25.5 Å². The number of allylic oxidation sites excluding steroid dienone is 5. The molecule has 0 radical (unpaired) electrons. The molecule has 212 valence electrons. The van der Waals surface area contributed by atoms with Crippen molar-refractivity contribution in [1.29, 1.82) is 0 Å². The fourth-order valence-electron chi connectivity index (χ4n) is 6.08. The van der Waals surface area contributed by atoms with E-state index in [2.05, 4.69) is 62.9 Å². The Morgan fingerprint density at radius 1 is 1.07 bits per heavy atom. The van der Waals surface area contributed by atoms with Gasteiger partial charge in [-0.1, -0.05) is 56.7 Å². The number of pyridine rings is 1. The van der Waals surface area contributed by atoms with Gasteiger partial charge in [-0.25, -0.2) is 9.37 Å². The summed E-state index contributed by atoms with van der Waals surface area (Å²) in [6.45, 7) is 12.3. The van der Waals surface area contributed by atoms with Gasteiger partial charge in [-0.3, -0.25) is 5.10 Å². The number of benzene rings is 2. The Morgan fingerprint density at radius 2 is 1.90 bits per heavy atom. The van der Waals surface area contributed by atoms with Crippen LogP contribution in [0.5, 0.6) is 0 Å². The van der Waals surface area contributed by atoms with Crippen molar-refractivity contribution in [3.8, 4) is 22.5 Å². The summed E-state index contributed by atoms with van der Waals surface area (Å²) in [5, 5.41) is 13.1. The van der Waals surface area contributed by atoms with Crippen LogP contribution < -0.4 is 5.32 Å². The van der Waals surface area contributed by atoms with Gasteiger partial charge < -0.3 is 10.3 Å². The summed E-state index contributed by atoms with van der Waals surface area (Å²) in [6, 6.07) is 15.4. The van der Waals surface area contributed by atoms with E-state index in [1.54, 1.807) is 12.1 Å². The molecule has 0 saturated heterocycles. The molecule has 0 bridgehead atoms. The number of nitrogens with one attached hydrogen (secondary N) is 3. The Kier molecular flexibility index (Phi) is 7.62. The molecule has 0 atom stereocenters. The number of nitrogens with zero attached hydrogens (tertiary/aromatic N) is 2. The first-order valence-electron chi connectivity index (χ1n) is 14.6. The molecule has 3 aromatic heterocycles. The van der Waals surface area contributed by atoms with Crippen molar-refractivity contribution in [2.45, 2.75) is 46.0 Å². The standard InChI is InChI=1S/C36H36FN5/c1-5-24(18-29(6-2)39-23(4)25-11-8-7-9-12-25)27-19-32-35(41-42-36(32)38-21-27)34-20-31-30(13-10-14-33(31)40-34)26-15-22(3)16-28(37)17-26/h5-6,10,13-21,25,39-40H,2,4,7-9,11-12H2,1,3H3,(H,38,41,42)/b24-5+,29-18+. The van der Waals surface area contributed by atoms with Crippen molar-refractivity contribution in [2.24, 2.45) is 5.92 Å². The maximum Gasteiger partial charge on any atom is 0.181 e. The molecular weight excluding hydrogens is 521 g/mol. The third kappa shape index (κ3) is 5.45. The Hall–Kier alpha value is -4.71. The Balaban J connectivity index is 1.34. The zero-order valence-electron chi connectivity index (χ0n) is 24.2. The molecule has 3 heterocycles. The lowest BCUT2D eigenvalue weighted by Gasteiger charge is -2.25. The van der Waals surface area contributed by atoms with Gasteiger partial charge in [-0.15, -0.1) is 0 Å². The molecular formula is C36H36FN5. The number of fused-ring (bicyclic) bond motifs is 2. The van der Waals surface area contributed by atoms with Crippen LogP contribution in [0, 0.1) is 18.7 Å². The highest BCUT2D eigenvalue weighted by Gasteiger charge is 2.18. The molecule has 5 nitrogen and oxygen atoms in total. The third-order valence-electron chi connectivity index (χ3n) is 8.27. The molecule has 0 spiro atoms. The van der Waals surface area contributed by atoms with Crippen LogP contribution in [0.25, 0.3) is 50.0 Å². The van der Waals surface area contributed by atoms with Gasteiger partial charge in [-0.05, 0) is 97.4 Å². The predicted octanol–water partition coefficient (Wildman–Crippen LogP) is 9.38. The van der Waals surface area contributed by atoms with E-state index in [0.29, 0.717) is 11.6 Å². The summed E-state index contributed by atoms with van der Waals surface area (Å²) in [7, 11) is 0. The SMILES string of the molecule is C=C/C(=C\C(=C/C)c1cnc2n[nH]c(-c3cc4c(-c5cc(C)cc(F)c5)cccc4[nH]3)c2c1)NC(=C)C1CCCCC1. The lowest BCUT2D eigenvalue weighted by Crippen LogP contribution is -2.20. The van der Waals surface area contributed by atoms with Gasteiger partial charge in [0.05, 0.1) is 11.4 Å². The van der Waals surface area contributed by atoms with E-state index in [9.17, 15) is 4.39 Å². The lowest BCUT2D eigenvalue weighted by atomic mass is 9.87. The summed E-state index contributed by atoms with van der Waals surface area (Å²) in [5.41, 5.74) is 10.0. The molecule has 1 saturated carbocycles. The first-order chi connectivity index (χ1) is 20.4. The first kappa shape index (κ1) is 27.5. The van der Waals surface area contributed by atoms with Crippen LogP contribution in [0.15, 0.2) is 97.5 Å². The number of hydrogen-bond acceptors (Lipinski definition) is 3. The monoisotopic (exact) mass is 557 g/mol. The average molecular weight is 558 g/mol. The van der Waals surface area contributed by atoms with E-state index in [-0.39, 0.29) is 5.82 Å². The zero-order chi connectivity index (χ0) is 29.2. The Labute approximate surface area is 246 Å². The van der Waals surface area contributed by atoms with Gasteiger partial charge in [0.1, 0.15) is 5.82 Å². The fraction of sp³-hybridized carbons (Fsp3) is 0.222. The van der Waals surface area contributed by atoms with Gasteiger partial charge in [0.25, 0.3) is 0 Å². The van der Waals surface area contributed by atoms with E-state index in [4.69, 9.17) is 0 Å². The molecule has 0 unspecified atom stereocenters. The van der Waals surface area contributed by atoms with Crippen molar-refractivity contribution < 1.29 is 4.39 Å². The van der Waals surface area contributed by atoms with Crippen LogP contribution in [-0.2, 0) is 0 Å². The van der Waals surface area contributed by atoms with Crippen molar-refractivity contribution in [3.05, 3.63) is 114 Å². The number of aromatic amines is 2. The molecule has 6 rings (SSSR count). The highest BCUT2D eigenvalue weighted by atomic mass is 19.1. The van der Waals surface area contributed by atoms with Gasteiger partial charge >= 0.3 is 0 Å². The molecule has 1 aliphatic rings. The minimum absolute atomic E-state index is 0.238. The van der Waals surface area contributed by atoms with Crippen LogP contribution in [0.1, 0.15) is 50.2 Å². The third-order valence-corrected chi connectivity index (χ3v) is 8.27. The van der Waals surface area contributed by atoms with Crippen LogP contribution in [-0.4, -0.2) is 20.2 Å². The minimum Gasteiger partial charge on any atom is -0.359 e. The molecule has 0 amide bonds. The second-order valence-electron chi connectivity index (χ2n) is 11.2. The number of rotatable bonds is 8. The summed E-state index contributed by atoms with van der Waals surface area (Å²) >= 11 is 0. The molecule has 0 aliphatic heterocycles. The summed E-state index contributed by atoms with van der Waals surface area (Å²) in [5.74, 6) is 0.266. The largest absolute Gasteiger partial charge is 0.359 e.